The summed E-state index contributed by atoms with van der Waals surface area (Å²) in [5.74, 6) is -2.52. The summed E-state index contributed by atoms with van der Waals surface area (Å²) in [6.07, 6.45) is -0.255. The molecule has 0 aliphatic carbocycles. The SMILES string of the molecule is NC(=O)c1ccccc1Oc1ccc(NC(=O)N2CCCC(F)(F)CC2)cc1. The normalized spacial score (nSPS) is 16.1. The van der Waals surface area contributed by atoms with Gasteiger partial charge in [0.05, 0.1) is 5.56 Å². The van der Waals surface area contributed by atoms with Crippen molar-refractivity contribution in [3.63, 3.8) is 0 Å². The second-order valence-electron chi connectivity index (χ2n) is 6.61. The maximum Gasteiger partial charge on any atom is 0.321 e. The van der Waals surface area contributed by atoms with Gasteiger partial charge in [-0.1, -0.05) is 12.1 Å². The van der Waals surface area contributed by atoms with Crippen LogP contribution in [-0.4, -0.2) is 35.9 Å². The van der Waals surface area contributed by atoms with Crippen LogP contribution in [0.15, 0.2) is 48.5 Å². The molecule has 2 aromatic rings. The van der Waals surface area contributed by atoms with Crippen molar-refractivity contribution in [3.05, 3.63) is 54.1 Å². The molecule has 0 aromatic heterocycles. The number of urea groups is 1. The number of alkyl halides is 2. The van der Waals surface area contributed by atoms with E-state index in [0.29, 0.717) is 23.7 Å². The predicted molar refractivity (Wildman–Crippen MR) is 101 cm³/mol. The van der Waals surface area contributed by atoms with Crippen molar-refractivity contribution < 1.29 is 23.1 Å². The van der Waals surface area contributed by atoms with Gasteiger partial charge in [-0.3, -0.25) is 4.79 Å². The van der Waals surface area contributed by atoms with E-state index in [1.807, 2.05) is 0 Å². The summed E-state index contributed by atoms with van der Waals surface area (Å²) in [5, 5.41) is 2.70. The first-order valence-electron chi connectivity index (χ1n) is 8.95. The Kier molecular flexibility index (Phi) is 5.77. The highest BCUT2D eigenvalue weighted by Gasteiger charge is 2.33. The number of primary amides is 1. The van der Waals surface area contributed by atoms with Crippen molar-refractivity contribution >= 4 is 17.6 Å². The number of rotatable bonds is 4. The number of carbonyl (C=O) groups is 2. The average Bonchev–Trinajstić information content (AvgIpc) is 2.84. The van der Waals surface area contributed by atoms with Gasteiger partial charge in [0.1, 0.15) is 11.5 Å². The van der Waals surface area contributed by atoms with Crippen LogP contribution in [0, 0.1) is 0 Å². The lowest BCUT2D eigenvalue weighted by Crippen LogP contribution is -2.36. The van der Waals surface area contributed by atoms with Gasteiger partial charge in [0.15, 0.2) is 0 Å². The topological polar surface area (TPSA) is 84.7 Å². The standard InChI is InChI=1S/C20H21F2N3O3/c21-20(22)10-3-12-25(13-11-20)19(27)24-14-6-8-15(9-7-14)28-17-5-2-1-4-16(17)18(23)26/h1-2,4-9H,3,10-13H2,(H2,23,26)(H,24,27). The molecule has 3 N–H and O–H groups in total. The van der Waals surface area contributed by atoms with Gasteiger partial charge < -0.3 is 20.7 Å². The fourth-order valence-corrected chi connectivity index (χ4v) is 2.96. The quantitative estimate of drug-likeness (QED) is 0.821. The molecular weight excluding hydrogens is 368 g/mol. The van der Waals surface area contributed by atoms with Crippen LogP contribution in [0.2, 0.25) is 0 Å². The van der Waals surface area contributed by atoms with Gasteiger partial charge in [0.25, 0.3) is 5.91 Å². The molecule has 28 heavy (non-hydrogen) atoms. The summed E-state index contributed by atoms with van der Waals surface area (Å²) in [4.78, 5) is 25.2. The number of nitrogens with one attached hydrogen (secondary N) is 1. The first-order chi connectivity index (χ1) is 13.3. The molecule has 3 rings (SSSR count). The van der Waals surface area contributed by atoms with E-state index in [4.69, 9.17) is 10.5 Å². The highest BCUT2D eigenvalue weighted by molar-refractivity contribution is 5.95. The van der Waals surface area contributed by atoms with E-state index in [1.54, 1.807) is 48.5 Å². The van der Waals surface area contributed by atoms with Crippen LogP contribution in [0.4, 0.5) is 19.3 Å². The number of likely N-dealkylation sites (tertiary alicyclic amines) is 1. The number of para-hydroxylation sites is 1. The van der Waals surface area contributed by atoms with Crippen molar-refractivity contribution in [2.45, 2.75) is 25.2 Å². The smallest absolute Gasteiger partial charge is 0.321 e. The first kappa shape index (κ1) is 19.6. The monoisotopic (exact) mass is 389 g/mol. The van der Waals surface area contributed by atoms with Crippen molar-refractivity contribution in [1.29, 1.82) is 0 Å². The molecule has 0 radical (unpaired) electrons. The van der Waals surface area contributed by atoms with Gasteiger partial charge in [-0.2, -0.15) is 0 Å². The summed E-state index contributed by atoms with van der Waals surface area (Å²) in [7, 11) is 0. The molecule has 1 aliphatic heterocycles. The van der Waals surface area contributed by atoms with E-state index >= 15 is 0 Å². The molecule has 2 aromatic carbocycles. The zero-order valence-electron chi connectivity index (χ0n) is 15.2. The van der Waals surface area contributed by atoms with Gasteiger partial charge in [0.2, 0.25) is 5.92 Å². The van der Waals surface area contributed by atoms with Crippen LogP contribution in [0.3, 0.4) is 0 Å². The number of hydrogen-bond acceptors (Lipinski definition) is 3. The van der Waals surface area contributed by atoms with E-state index < -0.39 is 17.9 Å². The Morgan fingerprint density at radius 2 is 1.75 bits per heavy atom. The summed E-state index contributed by atoms with van der Waals surface area (Å²) >= 11 is 0. The first-order valence-corrected chi connectivity index (χ1v) is 8.95. The van der Waals surface area contributed by atoms with E-state index in [0.717, 1.165) is 0 Å². The summed E-state index contributed by atoms with van der Waals surface area (Å²) in [5.41, 5.74) is 6.10. The Labute approximate surface area is 161 Å². The van der Waals surface area contributed by atoms with Crippen molar-refractivity contribution in [2.24, 2.45) is 5.73 Å². The molecule has 6 nitrogen and oxygen atoms in total. The molecule has 3 amide bonds. The number of hydrogen-bond donors (Lipinski definition) is 2. The molecule has 1 aliphatic rings. The largest absolute Gasteiger partial charge is 0.457 e. The molecule has 1 saturated heterocycles. The van der Waals surface area contributed by atoms with Gasteiger partial charge in [-0.25, -0.2) is 13.6 Å². The highest BCUT2D eigenvalue weighted by atomic mass is 19.3. The number of ether oxygens (including phenoxy) is 1. The Morgan fingerprint density at radius 1 is 1.04 bits per heavy atom. The summed E-state index contributed by atoms with van der Waals surface area (Å²) in [6.45, 7) is 0.316. The molecule has 0 saturated carbocycles. The fraction of sp³-hybridized carbons (Fsp3) is 0.300. The maximum absolute atomic E-state index is 13.4. The summed E-state index contributed by atoms with van der Waals surface area (Å²) < 4.78 is 32.5. The zero-order valence-corrected chi connectivity index (χ0v) is 15.2. The minimum absolute atomic E-state index is 0.0178. The number of anilines is 1. The number of carbonyl (C=O) groups excluding carboxylic acids is 2. The van der Waals surface area contributed by atoms with Gasteiger partial charge in [0, 0.05) is 31.6 Å². The third kappa shape index (κ3) is 4.97. The van der Waals surface area contributed by atoms with E-state index in [-0.39, 0.29) is 31.4 Å². The van der Waals surface area contributed by atoms with Crippen LogP contribution < -0.4 is 15.8 Å². The molecule has 8 heteroatoms. The molecule has 148 valence electrons. The van der Waals surface area contributed by atoms with Crippen LogP contribution in [-0.2, 0) is 0 Å². The van der Waals surface area contributed by atoms with Gasteiger partial charge in [-0.15, -0.1) is 0 Å². The number of nitrogens with two attached hydrogens (primary N) is 1. The molecule has 0 unspecified atom stereocenters. The zero-order chi connectivity index (χ0) is 20.1. The lowest BCUT2D eigenvalue weighted by atomic mass is 10.1. The third-order valence-electron chi connectivity index (χ3n) is 4.49. The molecule has 0 spiro atoms. The molecule has 0 atom stereocenters. The van der Waals surface area contributed by atoms with Crippen LogP contribution in [0.25, 0.3) is 0 Å². The number of amides is 3. The van der Waals surface area contributed by atoms with E-state index in [9.17, 15) is 18.4 Å². The maximum atomic E-state index is 13.4. The second kappa shape index (κ2) is 8.24. The minimum atomic E-state index is -2.71. The van der Waals surface area contributed by atoms with Crippen LogP contribution in [0.5, 0.6) is 11.5 Å². The Bertz CT molecular complexity index is 856. The average molecular weight is 389 g/mol. The van der Waals surface area contributed by atoms with Crippen LogP contribution >= 0.6 is 0 Å². The number of nitrogens with zero attached hydrogens (tertiary/aromatic N) is 1. The number of benzene rings is 2. The third-order valence-corrected chi connectivity index (χ3v) is 4.49. The fourth-order valence-electron chi connectivity index (χ4n) is 2.96. The lowest BCUT2D eigenvalue weighted by Gasteiger charge is -2.21. The molecule has 0 bridgehead atoms. The molecule has 1 heterocycles. The molecular formula is C20H21F2N3O3. The highest BCUT2D eigenvalue weighted by Crippen LogP contribution is 2.29. The predicted octanol–water partition coefficient (Wildman–Crippen LogP) is 4.23. The van der Waals surface area contributed by atoms with Crippen molar-refractivity contribution in [3.8, 4) is 11.5 Å². The van der Waals surface area contributed by atoms with E-state index in [2.05, 4.69) is 5.32 Å². The van der Waals surface area contributed by atoms with Crippen LogP contribution in [0.1, 0.15) is 29.6 Å². The van der Waals surface area contributed by atoms with E-state index in [1.165, 1.54) is 4.90 Å². The van der Waals surface area contributed by atoms with Crippen molar-refractivity contribution in [2.75, 3.05) is 18.4 Å². The summed E-state index contributed by atoms with van der Waals surface area (Å²) in [6, 6.07) is 12.7. The Balaban J connectivity index is 1.62. The van der Waals surface area contributed by atoms with Crippen molar-refractivity contribution in [1.82, 2.24) is 4.90 Å². The minimum Gasteiger partial charge on any atom is -0.457 e. The Morgan fingerprint density at radius 3 is 2.46 bits per heavy atom. The molecule has 1 fully saturated rings. The second-order valence-corrected chi connectivity index (χ2v) is 6.61. The van der Waals surface area contributed by atoms with Gasteiger partial charge in [-0.05, 0) is 42.8 Å². The lowest BCUT2D eigenvalue weighted by molar-refractivity contribution is -0.0121. The van der Waals surface area contributed by atoms with Gasteiger partial charge >= 0.3 is 6.03 Å². The Hall–Kier alpha value is -3.16. The number of halogens is 2.